The first-order valence-corrected chi connectivity index (χ1v) is 9.95. The predicted octanol–water partition coefficient (Wildman–Crippen LogP) is 4.98. The van der Waals surface area contributed by atoms with Crippen molar-refractivity contribution in [3.63, 3.8) is 0 Å². The van der Waals surface area contributed by atoms with Gasteiger partial charge in [0.2, 0.25) is 5.91 Å². The average Bonchev–Trinajstić information content (AvgIpc) is 3.19. The quantitative estimate of drug-likeness (QED) is 0.580. The molecular weight excluding hydrogens is 334 g/mol. The topological polar surface area (TPSA) is 56.9 Å². The number of hydrogen-bond donors (Lipinski definition) is 3. The second-order valence-corrected chi connectivity index (χ2v) is 7.48. The van der Waals surface area contributed by atoms with Gasteiger partial charge in [0.25, 0.3) is 0 Å². The third-order valence-electron chi connectivity index (χ3n) is 5.50. The van der Waals surface area contributed by atoms with Crippen LogP contribution in [0.15, 0.2) is 54.7 Å². The van der Waals surface area contributed by atoms with Crippen LogP contribution in [-0.2, 0) is 17.9 Å². The first kappa shape index (κ1) is 17.8. The molecule has 27 heavy (non-hydrogen) atoms. The minimum absolute atomic E-state index is 0.180. The van der Waals surface area contributed by atoms with Crippen molar-refractivity contribution < 1.29 is 4.79 Å². The van der Waals surface area contributed by atoms with E-state index in [2.05, 4.69) is 52.0 Å². The fraction of sp³-hybridized carbons (Fsp3) is 0.348. The minimum atomic E-state index is 0.180. The summed E-state index contributed by atoms with van der Waals surface area (Å²) in [5, 5.41) is 7.89. The van der Waals surface area contributed by atoms with Crippen molar-refractivity contribution in [3.8, 4) is 0 Å². The smallest absolute Gasteiger partial charge is 0.227 e. The zero-order valence-corrected chi connectivity index (χ0v) is 15.6. The van der Waals surface area contributed by atoms with Gasteiger partial charge in [-0.2, -0.15) is 0 Å². The molecule has 0 unspecified atom stereocenters. The van der Waals surface area contributed by atoms with E-state index < -0.39 is 0 Å². The summed E-state index contributed by atoms with van der Waals surface area (Å²) in [4.78, 5) is 15.7. The maximum atomic E-state index is 12.4. The molecule has 0 saturated heterocycles. The van der Waals surface area contributed by atoms with E-state index in [4.69, 9.17) is 0 Å². The highest BCUT2D eigenvalue weighted by molar-refractivity contribution is 5.92. The third kappa shape index (κ3) is 4.40. The van der Waals surface area contributed by atoms with Crippen molar-refractivity contribution in [2.75, 3.05) is 5.32 Å². The van der Waals surface area contributed by atoms with E-state index in [0.29, 0.717) is 0 Å². The molecule has 1 amide bonds. The van der Waals surface area contributed by atoms with Crippen LogP contribution in [0, 0.1) is 5.92 Å². The molecule has 3 N–H and O–H groups in total. The molecule has 4 rings (SSSR count). The normalized spacial score (nSPS) is 15.1. The molecule has 3 aromatic rings. The molecule has 4 heteroatoms. The van der Waals surface area contributed by atoms with Crippen molar-refractivity contribution in [1.82, 2.24) is 10.3 Å². The Bertz CT molecular complexity index is 909. The van der Waals surface area contributed by atoms with Crippen LogP contribution >= 0.6 is 0 Å². The van der Waals surface area contributed by atoms with Crippen molar-refractivity contribution in [1.29, 1.82) is 0 Å². The van der Waals surface area contributed by atoms with Crippen molar-refractivity contribution in [2.45, 2.75) is 45.2 Å². The molecule has 0 radical (unpaired) electrons. The Labute approximate surface area is 160 Å². The summed E-state index contributed by atoms with van der Waals surface area (Å²) in [5.74, 6) is 0.362. The Morgan fingerprint density at radius 1 is 1.00 bits per heavy atom. The number of H-pyrrole nitrogens is 1. The predicted molar refractivity (Wildman–Crippen MR) is 110 cm³/mol. The summed E-state index contributed by atoms with van der Waals surface area (Å²) in [5.41, 5.74) is 4.53. The second kappa shape index (κ2) is 8.40. The van der Waals surface area contributed by atoms with Crippen LogP contribution in [0.25, 0.3) is 10.9 Å². The minimum Gasteiger partial charge on any atom is -0.361 e. The van der Waals surface area contributed by atoms with Crippen LogP contribution in [0.5, 0.6) is 0 Å². The standard InChI is InChI=1S/C23H27N3O/c27-23(18-7-2-1-3-8-18)26-20-10-4-6-17(14-20)15-24-16-19-9-5-11-22-21(19)12-13-25-22/h4-6,9-14,18,24-25H,1-3,7-8,15-16H2,(H,26,27). The van der Waals surface area contributed by atoms with Crippen LogP contribution in [0.4, 0.5) is 5.69 Å². The third-order valence-corrected chi connectivity index (χ3v) is 5.50. The molecule has 1 aromatic heterocycles. The highest BCUT2D eigenvalue weighted by Gasteiger charge is 2.20. The van der Waals surface area contributed by atoms with Gasteiger partial charge in [-0.25, -0.2) is 0 Å². The Balaban J connectivity index is 1.34. The molecule has 1 aliphatic rings. The van der Waals surface area contributed by atoms with Gasteiger partial charge >= 0.3 is 0 Å². The first-order valence-electron chi connectivity index (χ1n) is 9.95. The van der Waals surface area contributed by atoms with Crippen LogP contribution in [-0.4, -0.2) is 10.9 Å². The SMILES string of the molecule is O=C(Nc1cccc(CNCc2cccc3[nH]ccc23)c1)C1CCCCC1. The van der Waals surface area contributed by atoms with E-state index in [-0.39, 0.29) is 11.8 Å². The van der Waals surface area contributed by atoms with Gasteiger partial charge in [-0.15, -0.1) is 0 Å². The Kier molecular flexibility index (Phi) is 5.54. The molecule has 4 nitrogen and oxygen atoms in total. The summed E-state index contributed by atoms with van der Waals surface area (Å²) in [7, 11) is 0. The fourth-order valence-electron chi connectivity index (χ4n) is 4.01. The second-order valence-electron chi connectivity index (χ2n) is 7.48. The van der Waals surface area contributed by atoms with E-state index in [0.717, 1.165) is 31.6 Å². The van der Waals surface area contributed by atoms with E-state index >= 15 is 0 Å². The summed E-state index contributed by atoms with van der Waals surface area (Å²) in [6.07, 6.45) is 7.65. The number of carbonyl (C=O) groups excluding carboxylic acids is 1. The van der Waals surface area contributed by atoms with Gasteiger partial charge in [0.15, 0.2) is 0 Å². The number of amides is 1. The summed E-state index contributed by atoms with van der Waals surface area (Å²) in [6.45, 7) is 1.59. The summed E-state index contributed by atoms with van der Waals surface area (Å²) >= 11 is 0. The maximum Gasteiger partial charge on any atom is 0.227 e. The Morgan fingerprint density at radius 3 is 2.74 bits per heavy atom. The van der Waals surface area contributed by atoms with Crippen molar-refractivity contribution in [3.05, 3.63) is 65.9 Å². The first-order chi connectivity index (χ1) is 13.3. The van der Waals surface area contributed by atoms with Gasteiger partial charge in [0.1, 0.15) is 0 Å². The van der Waals surface area contributed by atoms with Crippen LogP contribution in [0.1, 0.15) is 43.2 Å². The highest BCUT2D eigenvalue weighted by atomic mass is 16.1. The van der Waals surface area contributed by atoms with Gasteiger partial charge in [-0.05, 0) is 48.2 Å². The molecule has 0 spiro atoms. The monoisotopic (exact) mass is 361 g/mol. The van der Waals surface area contributed by atoms with Crippen LogP contribution in [0.3, 0.4) is 0 Å². The molecule has 1 fully saturated rings. The zero-order valence-electron chi connectivity index (χ0n) is 15.6. The molecule has 1 aliphatic carbocycles. The van der Waals surface area contributed by atoms with E-state index in [1.807, 2.05) is 18.3 Å². The number of nitrogens with one attached hydrogen (secondary N) is 3. The summed E-state index contributed by atoms with van der Waals surface area (Å²) < 4.78 is 0. The van der Waals surface area contributed by atoms with Gasteiger partial charge in [-0.3, -0.25) is 4.79 Å². The number of anilines is 1. The molecule has 140 valence electrons. The van der Waals surface area contributed by atoms with Crippen LogP contribution < -0.4 is 10.6 Å². The number of aromatic nitrogens is 1. The molecule has 1 heterocycles. The lowest BCUT2D eigenvalue weighted by Gasteiger charge is -2.20. The van der Waals surface area contributed by atoms with Gasteiger partial charge < -0.3 is 15.6 Å². The summed E-state index contributed by atoms with van der Waals surface area (Å²) in [6, 6.07) is 16.6. The average molecular weight is 361 g/mol. The molecular formula is C23H27N3O. The van der Waals surface area contributed by atoms with Crippen molar-refractivity contribution >= 4 is 22.5 Å². The lowest BCUT2D eigenvalue weighted by molar-refractivity contribution is -0.120. The Hall–Kier alpha value is -2.59. The molecule has 2 aromatic carbocycles. The molecule has 0 bridgehead atoms. The van der Waals surface area contributed by atoms with E-state index in [1.165, 1.54) is 41.3 Å². The highest BCUT2D eigenvalue weighted by Crippen LogP contribution is 2.25. The van der Waals surface area contributed by atoms with E-state index in [1.54, 1.807) is 0 Å². The maximum absolute atomic E-state index is 12.4. The lowest BCUT2D eigenvalue weighted by Crippen LogP contribution is -2.24. The number of fused-ring (bicyclic) bond motifs is 1. The molecule has 0 atom stereocenters. The molecule has 1 saturated carbocycles. The van der Waals surface area contributed by atoms with Crippen molar-refractivity contribution in [2.24, 2.45) is 5.92 Å². The van der Waals surface area contributed by atoms with Gasteiger partial charge in [-0.1, -0.05) is 43.5 Å². The lowest BCUT2D eigenvalue weighted by atomic mass is 9.88. The van der Waals surface area contributed by atoms with Gasteiger partial charge in [0.05, 0.1) is 0 Å². The molecule has 0 aliphatic heterocycles. The fourth-order valence-corrected chi connectivity index (χ4v) is 4.01. The Morgan fingerprint density at radius 2 is 1.85 bits per heavy atom. The van der Waals surface area contributed by atoms with E-state index in [9.17, 15) is 4.79 Å². The number of hydrogen-bond acceptors (Lipinski definition) is 2. The number of benzene rings is 2. The van der Waals surface area contributed by atoms with Gasteiger partial charge in [0, 0.05) is 41.8 Å². The zero-order chi connectivity index (χ0) is 18.5. The number of aromatic amines is 1. The van der Waals surface area contributed by atoms with Crippen LogP contribution in [0.2, 0.25) is 0 Å². The largest absolute Gasteiger partial charge is 0.361 e. The number of rotatable bonds is 6. The number of carbonyl (C=O) groups is 1.